The molecule has 0 saturated heterocycles. The lowest BCUT2D eigenvalue weighted by atomic mass is 10.3. The quantitative estimate of drug-likeness (QED) is 0.674. The number of anilines is 1. The lowest BCUT2D eigenvalue weighted by Gasteiger charge is -2.26. The van der Waals surface area contributed by atoms with E-state index in [2.05, 4.69) is 16.9 Å². The molecule has 18 heavy (non-hydrogen) atoms. The topological polar surface area (TPSA) is 43.8 Å². The van der Waals surface area contributed by atoms with Crippen molar-refractivity contribution in [1.82, 2.24) is 4.98 Å². The third kappa shape index (κ3) is 4.06. The zero-order valence-corrected chi connectivity index (χ0v) is 12.5. The van der Waals surface area contributed by atoms with Crippen LogP contribution in [0.3, 0.4) is 0 Å². The molecule has 1 rings (SSSR count). The number of pyridine rings is 1. The van der Waals surface area contributed by atoms with Gasteiger partial charge in [-0.15, -0.1) is 0 Å². The average molecular weight is 270 g/mol. The van der Waals surface area contributed by atoms with E-state index in [0.717, 1.165) is 24.7 Å². The fourth-order valence-corrected chi connectivity index (χ4v) is 3.52. The smallest absolute Gasteiger partial charge is 0.377 e. The summed E-state index contributed by atoms with van der Waals surface area (Å²) in [7, 11) is 4.57. The van der Waals surface area contributed by atoms with Crippen LogP contribution in [0, 0.1) is 0 Å². The summed E-state index contributed by atoms with van der Waals surface area (Å²) >= 11 is 0. The van der Waals surface area contributed by atoms with Crippen LogP contribution in [0.1, 0.15) is 6.42 Å². The van der Waals surface area contributed by atoms with Crippen LogP contribution in [0.4, 0.5) is 5.69 Å². The van der Waals surface area contributed by atoms with Gasteiger partial charge in [0, 0.05) is 59.0 Å². The van der Waals surface area contributed by atoms with Crippen molar-refractivity contribution >= 4 is 14.5 Å². The molecule has 5 nitrogen and oxygen atoms in total. The van der Waals surface area contributed by atoms with Gasteiger partial charge in [0.25, 0.3) is 0 Å². The highest BCUT2D eigenvalue weighted by molar-refractivity contribution is 6.60. The van der Waals surface area contributed by atoms with E-state index in [9.17, 15) is 0 Å². The predicted octanol–water partition coefficient (Wildman–Crippen LogP) is 1.79. The predicted molar refractivity (Wildman–Crippen MR) is 73.7 cm³/mol. The molecule has 0 aromatic carbocycles. The normalized spacial score (nSPS) is 11.6. The maximum atomic E-state index is 5.39. The third-order valence-corrected chi connectivity index (χ3v) is 5.84. The first-order valence-corrected chi connectivity index (χ1v) is 7.87. The zero-order chi connectivity index (χ0) is 13.4. The highest BCUT2D eigenvalue weighted by Crippen LogP contribution is 2.17. The molecule has 0 aliphatic heterocycles. The van der Waals surface area contributed by atoms with Crippen LogP contribution in [-0.2, 0) is 13.3 Å². The summed E-state index contributed by atoms with van der Waals surface area (Å²) in [5.41, 5.74) is 1.16. The molecule has 1 heterocycles. The van der Waals surface area contributed by atoms with Crippen molar-refractivity contribution in [3.8, 4) is 0 Å². The molecule has 0 bridgehead atoms. The van der Waals surface area contributed by atoms with Gasteiger partial charge in [0.2, 0.25) is 0 Å². The Labute approximate surface area is 110 Å². The van der Waals surface area contributed by atoms with Crippen LogP contribution in [-0.4, -0.2) is 48.7 Å². The van der Waals surface area contributed by atoms with Gasteiger partial charge in [-0.25, -0.2) is 0 Å². The molecular formula is C12H22N2O3Si. The molecule has 1 aromatic rings. The molecule has 0 saturated carbocycles. The average Bonchev–Trinajstić information content (AvgIpc) is 2.45. The van der Waals surface area contributed by atoms with Gasteiger partial charge in [-0.05, 0) is 18.6 Å². The maximum Gasteiger partial charge on any atom is 0.500 e. The maximum absolute atomic E-state index is 5.39. The van der Waals surface area contributed by atoms with Gasteiger partial charge in [0.15, 0.2) is 0 Å². The van der Waals surface area contributed by atoms with Gasteiger partial charge in [-0.2, -0.15) is 0 Å². The summed E-state index contributed by atoms with van der Waals surface area (Å²) in [6.45, 7) is 0.925. The SMILES string of the molecule is CO[Si](CCCN(C)c1ccncc1)(OC)OC. The minimum Gasteiger partial charge on any atom is -0.377 e. The van der Waals surface area contributed by atoms with E-state index in [1.165, 1.54) is 0 Å². The van der Waals surface area contributed by atoms with Crippen LogP contribution < -0.4 is 4.90 Å². The van der Waals surface area contributed by atoms with E-state index < -0.39 is 8.80 Å². The Kier molecular flexibility index (Phi) is 6.27. The second-order valence-corrected chi connectivity index (χ2v) is 7.12. The fraction of sp³-hybridized carbons (Fsp3) is 0.583. The van der Waals surface area contributed by atoms with Crippen molar-refractivity contribution in [3.05, 3.63) is 24.5 Å². The van der Waals surface area contributed by atoms with E-state index in [4.69, 9.17) is 13.3 Å². The number of rotatable bonds is 8. The number of nitrogens with zero attached hydrogens (tertiary/aromatic N) is 2. The molecule has 0 atom stereocenters. The minimum absolute atomic E-state index is 0.811. The van der Waals surface area contributed by atoms with Gasteiger partial charge in [-0.3, -0.25) is 4.98 Å². The van der Waals surface area contributed by atoms with Crippen molar-refractivity contribution in [2.45, 2.75) is 12.5 Å². The van der Waals surface area contributed by atoms with Crippen LogP contribution >= 0.6 is 0 Å². The van der Waals surface area contributed by atoms with Gasteiger partial charge in [0.05, 0.1) is 0 Å². The Balaban J connectivity index is 2.42. The van der Waals surface area contributed by atoms with E-state index >= 15 is 0 Å². The standard InChI is InChI=1S/C12H22N2O3Si/c1-14(12-6-8-13-9-7-12)10-5-11-18(15-2,16-3)17-4/h6-9H,5,10-11H2,1-4H3. The van der Waals surface area contributed by atoms with Gasteiger partial charge >= 0.3 is 8.80 Å². The Morgan fingerprint density at radius 2 is 1.67 bits per heavy atom. The van der Waals surface area contributed by atoms with Crippen molar-refractivity contribution < 1.29 is 13.3 Å². The van der Waals surface area contributed by atoms with Crippen molar-refractivity contribution in [2.24, 2.45) is 0 Å². The van der Waals surface area contributed by atoms with Crippen molar-refractivity contribution in [3.63, 3.8) is 0 Å². The first kappa shape index (κ1) is 15.1. The zero-order valence-electron chi connectivity index (χ0n) is 11.5. The molecule has 6 heteroatoms. The Bertz CT molecular complexity index is 325. The van der Waals surface area contributed by atoms with Crippen LogP contribution in [0.25, 0.3) is 0 Å². The summed E-state index contributed by atoms with van der Waals surface area (Å²) in [5.74, 6) is 0. The first-order chi connectivity index (χ1) is 8.67. The van der Waals surface area contributed by atoms with Crippen molar-refractivity contribution in [2.75, 3.05) is 39.8 Å². The molecule has 0 fully saturated rings. The Morgan fingerprint density at radius 3 is 2.17 bits per heavy atom. The third-order valence-electron chi connectivity index (χ3n) is 3.01. The molecule has 0 unspecified atom stereocenters. The van der Waals surface area contributed by atoms with E-state index in [1.54, 1.807) is 33.7 Å². The molecule has 0 spiro atoms. The summed E-state index contributed by atoms with van der Waals surface area (Å²) < 4.78 is 16.2. The van der Waals surface area contributed by atoms with Crippen LogP contribution in [0.5, 0.6) is 0 Å². The molecule has 102 valence electrons. The Hall–Kier alpha value is -0.953. The monoisotopic (exact) mass is 270 g/mol. The lowest BCUT2D eigenvalue weighted by Crippen LogP contribution is -2.43. The second kappa shape index (κ2) is 7.47. The molecule has 0 N–H and O–H groups in total. The number of aromatic nitrogens is 1. The van der Waals surface area contributed by atoms with Crippen LogP contribution in [0.15, 0.2) is 24.5 Å². The summed E-state index contributed by atoms with van der Waals surface area (Å²) in [6, 6.07) is 4.80. The molecule has 0 amide bonds. The summed E-state index contributed by atoms with van der Waals surface area (Å²) in [5, 5.41) is 0. The van der Waals surface area contributed by atoms with E-state index in [-0.39, 0.29) is 0 Å². The Morgan fingerprint density at radius 1 is 1.11 bits per heavy atom. The summed E-state index contributed by atoms with van der Waals surface area (Å²) in [6.07, 6.45) is 4.55. The molecule has 1 aromatic heterocycles. The lowest BCUT2D eigenvalue weighted by molar-refractivity contribution is 0.123. The second-order valence-electron chi connectivity index (χ2n) is 4.03. The minimum atomic E-state index is -2.42. The van der Waals surface area contributed by atoms with Gasteiger partial charge in [-0.1, -0.05) is 0 Å². The fourth-order valence-electron chi connectivity index (χ4n) is 1.82. The van der Waals surface area contributed by atoms with Gasteiger partial charge in [0.1, 0.15) is 0 Å². The highest BCUT2D eigenvalue weighted by atomic mass is 28.4. The van der Waals surface area contributed by atoms with Crippen molar-refractivity contribution in [1.29, 1.82) is 0 Å². The number of hydrogen-bond donors (Lipinski definition) is 0. The molecule has 0 aliphatic carbocycles. The largest absolute Gasteiger partial charge is 0.500 e. The van der Waals surface area contributed by atoms with Gasteiger partial charge < -0.3 is 18.2 Å². The highest BCUT2D eigenvalue weighted by Gasteiger charge is 2.36. The van der Waals surface area contributed by atoms with E-state index in [0.29, 0.717) is 0 Å². The molecule has 0 aliphatic rings. The van der Waals surface area contributed by atoms with Crippen LogP contribution in [0.2, 0.25) is 6.04 Å². The molecule has 0 radical (unpaired) electrons. The summed E-state index contributed by atoms with van der Waals surface area (Å²) in [4.78, 5) is 6.19. The molecular weight excluding hydrogens is 248 g/mol. The number of hydrogen-bond acceptors (Lipinski definition) is 5. The van der Waals surface area contributed by atoms with E-state index in [1.807, 2.05) is 12.1 Å². The first-order valence-electron chi connectivity index (χ1n) is 5.94.